The van der Waals surface area contributed by atoms with Gasteiger partial charge in [-0.3, -0.25) is 4.79 Å². The minimum atomic E-state index is -0.462. The molecular formula is C32H37ClN4O2. The largest absolute Gasteiger partial charge is 0.496 e. The molecule has 2 heterocycles. The SMILES string of the molecule is COc1ccccc1CNC(C(=O)N1C[C@@H](CN(C)C)Cc2cc(Cl)ccc21)C(C)c1c[nH]c2ccccc12. The van der Waals surface area contributed by atoms with Gasteiger partial charge in [-0.25, -0.2) is 0 Å². The molecule has 1 aromatic heterocycles. The van der Waals surface area contributed by atoms with Crippen LogP contribution < -0.4 is 15.0 Å². The van der Waals surface area contributed by atoms with Crippen molar-refractivity contribution in [2.45, 2.75) is 31.8 Å². The number of anilines is 1. The number of fused-ring (bicyclic) bond motifs is 2. The van der Waals surface area contributed by atoms with Crippen LogP contribution in [-0.4, -0.2) is 56.1 Å². The Morgan fingerprint density at radius 1 is 1.15 bits per heavy atom. The summed E-state index contributed by atoms with van der Waals surface area (Å²) in [6.07, 6.45) is 2.94. The normalized spacial score (nSPS) is 16.8. The highest BCUT2D eigenvalue weighted by atomic mass is 35.5. The molecule has 2 unspecified atom stereocenters. The van der Waals surface area contributed by atoms with E-state index in [1.807, 2.05) is 65.7 Å². The lowest BCUT2D eigenvalue weighted by atomic mass is 9.88. The summed E-state index contributed by atoms with van der Waals surface area (Å²) in [5.74, 6) is 1.09. The highest BCUT2D eigenvalue weighted by Gasteiger charge is 2.36. The number of benzene rings is 3. The lowest BCUT2D eigenvalue weighted by Crippen LogP contribution is -2.52. The van der Waals surface area contributed by atoms with Gasteiger partial charge in [-0.2, -0.15) is 0 Å². The van der Waals surface area contributed by atoms with Gasteiger partial charge in [0.25, 0.3) is 0 Å². The Balaban J connectivity index is 1.52. The van der Waals surface area contributed by atoms with Crippen molar-refractivity contribution in [3.63, 3.8) is 0 Å². The molecular weight excluding hydrogens is 508 g/mol. The number of halogens is 1. The summed E-state index contributed by atoms with van der Waals surface area (Å²) >= 11 is 6.40. The molecule has 2 N–H and O–H groups in total. The predicted octanol–water partition coefficient (Wildman–Crippen LogP) is 5.86. The number of amides is 1. The van der Waals surface area contributed by atoms with Crippen LogP contribution in [0.25, 0.3) is 10.9 Å². The fourth-order valence-electron chi connectivity index (χ4n) is 5.93. The Hall–Kier alpha value is -3.32. The number of H-pyrrole nitrogens is 1. The molecule has 0 radical (unpaired) electrons. The van der Waals surface area contributed by atoms with Crippen LogP contribution in [-0.2, 0) is 17.8 Å². The zero-order valence-corrected chi connectivity index (χ0v) is 23.8. The van der Waals surface area contributed by atoms with Gasteiger partial charge in [0.1, 0.15) is 5.75 Å². The highest BCUT2D eigenvalue weighted by Crippen LogP contribution is 2.35. The van der Waals surface area contributed by atoms with Crippen LogP contribution in [0.2, 0.25) is 5.02 Å². The number of nitrogens with zero attached hydrogens (tertiary/aromatic N) is 2. The second kappa shape index (κ2) is 11.8. The van der Waals surface area contributed by atoms with Crippen LogP contribution in [0.1, 0.15) is 29.5 Å². The summed E-state index contributed by atoms with van der Waals surface area (Å²) in [5.41, 5.74) is 5.28. The molecule has 4 aromatic rings. The monoisotopic (exact) mass is 544 g/mol. The minimum absolute atomic E-state index is 0.0645. The third-order valence-corrected chi connectivity index (χ3v) is 7.99. The summed E-state index contributed by atoms with van der Waals surface area (Å²) in [6.45, 7) is 4.21. The van der Waals surface area contributed by atoms with Gasteiger partial charge >= 0.3 is 0 Å². The van der Waals surface area contributed by atoms with Crippen LogP contribution in [0.15, 0.2) is 72.9 Å². The minimum Gasteiger partial charge on any atom is -0.496 e. The molecule has 204 valence electrons. The zero-order valence-electron chi connectivity index (χ0n) is 23.1. The topological polar surface area (TPSA) is 60.6 Å². The van der Waals surface area contributed by atoms with E-state index in [1.54, 1.807) is 7.11 Å². The molecule has 1 amide bonds. The third kappa shape index (κ3) is 5.83. The van der Waals surface area contributed by atoms with Crippen molar-refractivity contribution in [3.05, 3.63) is 94.6 Å². The average Bonchev–Trinajstić information content (AvgIpc) is 3.36. The third-order valence-electron chi connectivity index (χ3n) is 7.75. The van der Waals surface area contributed by atoms with Crippen molar-refractivity contribution >= 4 is 34.1 Å². The molecule has 0 fully saturated rings. The first-order chi connectivity index (χ1) is 18.9. The summed E-state index contributed by atoms with van der Waals surface area (Å²) < 4.78 is 5.60. The number of methoxy groups -OCH3 is 1. The molecule has 0 spiro atoms. The van der Waals surface area contributed by atoms with E-state index in [2.05, 4.69) is 48.4 Å². The van der Waals surface area contributed by atoms with E-state index < -0.39 is 6.04 Å². The standard InChI is InChI=1S/C32H37ClN4O2/c1-21(27-18-34-28-11-7-6-10-26(27)28)31(35-17-23-9-5-8-12-30(23)39-4)32(38)37-20-22(19-36(2)3)15-24-16-25(33)13-14-29(24)37/h5-14,16,18,21-22,31,34-35H,15,17,19-20H2,1-4H3/t21?,22-,31?/m1/s1. The quantitative estimate of drug-likeness (QED) is 0.277. The number of rotatable bonds is 9. The number of ether oxygens (including phenoxy) is 1. The molecule has 5 rings (SSSR count). The van der Waals surface area contributed by atoms with E-state index in [1.165, 1.54) is 0 Å². The lowest BCUT2D eigenvalue weighted by Gasteiger charge is -2.39. The van der Waals surface area contributed by atoms with Gasteiger partial charge in [0.2, 0.25) is 5.91 Å². The van der Waals surface area contributed by atoms with Gasteiger partial charge < -0.3 is 24.8 Å². The van der Waals surface area contributed by atoms with Crippen molar-refractivity contribution in [2.24, 2.45) is 5.92 Å². The molecule has 3 aromatic carbocycles. The number of carbonyl (C=O) groups excluding carboxylic acids is 1. The molecule has 3 atom stereocenters. The van der Waals surface area contributed by atoms with Gasteiger partial charge in [-0.05, 0) is 67.9 Å². The summed E-state index contributed by atoms with van der Waals surface area (Å²) in [7, 11) is 5.84. The van der Waals surface area contributed by atoms with Crippen molar-refractivity contribution in [1.29, 1.82) is 0 Å². The van der Waals surface area contributed by atoms with Gasteiger partial charge in [0.05, 0.1) is 13.2 Å². The molecule has 6 nitrogen and oxygen atoms in total. The van der Waals surface area contributed by atoms with Gasteiger partial charge in [0, 0.05) is 58.9 Å². The molecule has 0 bridgehead atoms. The van der Waals surface area contributed by atoms with E-state index in [4.69, 9.17) is 16.3 Å². The molecule has 0 aliphatic carbocycles. The van der Waals surface area contributed by atoms with Gasteiger partial charge in [-0.15, -0.1) is 0 Å². The predicted molar refractivity (Wildman–Crippen MR) is 160 cm³/mol. The smallest absolute Gasteiger partial charge is 0.244 e. The maximum atomic E-state index is 14.6. The Kier molecular flexibility index (Phi) is 8.26. The Morgan fingerprint density at radius 2 is 1.92 bits per heavy atom. The number of nitrogens with one attached hydrogen (secondary N) is 2. The molecule has 0 saturated carbocycles. The van der Waals surface area contributed by atoms with E-state index in [0.29, 0.717) is 24.0 Å². The zero-order chi connectivity index (χ0) is 27.5. The van der Waals surface area contributed by atoms with Crippen molar-refractivity contribution in [3.8, 4) is 5.75 Å². The highest BCUT2D eigenvalue weighted by molar-refractivity contribution is 6.30. The first-order valence-corrected chi connectivity index (χ1v) is 13.9. The van der Waals surface area contributed by atoms with E-state index in [0.717, 1.165) is 52.0 Å². The maximum absolute atomic E-state index is 14.6. The molecule has 7 heteroatoms. The second-order valence-electron chi connectivity index (χ2n) is 10.8. The number of aromatic nitrogens is 1. The summed E-state index contributed by atoms with van der Waals surface area (Å²) in [6, 6.07) is 21.6. The Labute approximate surface area is 235 Å². The van der Waals surface area contributed by atoms with E-state index in [-0.39, 0.29) is 11.8 Å². The first-order valence-electron chi connectivity index (χ1n) is 13.5. The lowest BCUT2D eigenvalue weighted by molar-refractivity contribution is -0.121. The Morgan fingerprint density at radius 3 is 2.72 bits per heavy atom. The second-order valence-corrected chi connectivity index (χ2v) is 11.2. The van der Waals surface area contributed by atoms with Crippen LogP contribution in [0, 0.1) is 5.92 Å². The number of hydrogen-bond donors (Lipinski definition) is 2. The summed E-state index contributed by atoms with van der Waals surface area (Å²) in [4.78, 5) is 22.2. The fraction of sp³-hybridized carbons (Fsp3) is 0.344. The van der Waals surface area contributed by atoms with Gasteiger partial charge in [0.15, 0.2) is 0 Å². The Bertz CT molecular complexity index is 1450. The molecule has 0 saturated heterocycles. The van der Waals surface area contributed by atoms with Crippen LogP contribution >= 0.6 is 11.6 Å². The average molecular weight is 545 g/mol. The van der Waals surface area contributed by atoms with Crippen LogP contribution in [0.4, 0.5) is 5.69 Å². The van der Waals surface area contributed by atoms with Gasteiger partial charge in [-0.1, -0.05) is 54.9 Å². The summed E-state index contributed by atoms with van der Waals surface area (Å²) in [5, 5.41) is 5.47. The number of aromatic amines is 1. The molecule has 39 heavy (non-hydrogen) atoms. The van der Waals surface area contributed by atoms with Crippen LogP contribution in [0.3, 0.4) is 0 Å². The fourth-order valence-corrected chi connectivity index (χ4v) is 6.12. The van der Waals surface area contributed by atoms with Crippen molar-refractivity contribution in [2.75, 3.05) is 39.2 Å². The number of para-hydroxylation sites is 2. The van der Waals surface area contributed by atoms with E-state index >= 15 is 0 Å². The van der Waals surface area contributed by atoms with Crippen LogP contribution in [0.5, 0.6) is 5.75 Å². The van der Waals surface area contributed by atoms with E-state index in [9.17, 15) is 4.79 Å². The first kappa shape index (κ1) is 27.3. The maximum Gasteiger partial charge on any atom is 0.244 e. The molecule has 1 aliphatic rings. The van der Waals surface area contributed by atoms with Crippen molar-refractivity contribution < 1.29 is 9.53 Å². The number of hydrogen-bond acceptors (Lipinski definition) is 4. The molecule has 1 aliphatic heterocycles. The number of carbonyl (C=O) groups is 1. The van der Waals surface area contributed by atoms with Crippen molar-refractivity contribution in [1.82, 2.24) is 15.2 Å².